The molecule has 0 unspecified atom stereocenters. The molecule has 30 heavy (non-hydrogen) atoms. The summed E-state index contributed by atoms with van der Waals surface area (Å²) in [6.07, 6.45) is 3.35. The fourth-order valence-corrected chi connectivity index (χ4v) is 2.99. The zero-order chi connectivity index (χ0) is 21.1. The maximum absolute atomic E-state index is 11.3. The Morgan fingerprint density at radius 1 is 0.967 bits per heavy atom. The van der Waals surface area contributed by atoms with Gasteiger partial charge >= 0.3 is 5.69 Å². The van der Waals surface area contributed by atoms with Crippen LogP contribution in [-0.4, -0.2) is 25.4 Å². The average molecular weight is 402 g/mol. The number of aromatic nitrogens is 2. The van der Waals surface area contributed by atoms with E-state index in [0.29, 0.717) is 11.4 Å². The molecule has 0 bridgehead atoms. The average Bonchev–Trinajstić information content (AvgIpc) is 3.13. The second-order valence-corrected chi connectivity index (χ2v) is 6.23. The van der Waals surface area contributed by atoms with Gasteiger partial charge in [0, 0.05) is 17.8 Å². The van der Waals surface area contributed by atoms with E-state index in [-0.39, 0.29) is 11.4 Å². The Morgan fingerprint density at radius 3 is 2.47 bits per heavy atom. The second kappa shape index (κ2) is 7.80. The van der Waals surface area contributed by atoms with Gasteiger partial charge in [0.15, 0.2) is 0 Å². The van der Waals surface area contributed by atoms with Crippen LogP contribution in [0.5, 0.6) is 0 Å². The molecule has 0 aliphatic rings. The van der Waals surface area contributed by atoms with Crippen LogP contribution in [0.1, 0.15) is 5.69 Å². The van der Waals surface area contributed by atoms with E-state index in [0.717, 1.165) is 17.3 Å². The Labute approximate surface area is 169 Å². The van der Waals surface area contributed by atoms with Crippen molar-refractivity contribution >= 4 is 28.9 Å². The first-order valence-corrected chi connectivity index (χ1v) is 8.79. The summed E-state index contributed by atoms with van der Waals surface area (Å²) >= 11 is 0. The third kappa shape index (κ3) is 3.56. The number of pyridine rings is 1. The number of benzene rings is 2. The van der Waals surface area contributed by atoms with Gasteiger partial charge in [0.25, 0.3) is 5.69 Å². The highest BCUT2D eigenvalue weighted by molar-refractivity contribution is 5.89. The van der Waals surface area contributed by atoms with Gasteiger partial charge in [0.05, 0.1) is 33.5 Å². The molecule has 2 heterocycles. The number of rotatable bonds is 6. The summed E-state index contributed by atoms with van der Waals surface area (Å²) in [6.45, 7) is 0. The van der Waals surface area contributed by atoms with E-state index in [1.54, 1.807) is 0 Å². The first kappa shape index (κ1) is 18.7. The largest absolute Gasteiger partial charge is 0.301 e. The predicted octanol–water partition coefficient (Wildman–Crippen LogP) is 4.26. The molecule has 10 nitrogen and oxygen atoms in total. The smallest absolute Gasteiger partial charge is 0.298 e. The topological polar surface area (TPSA) is 128 Å². The molecule has 0 spiro atoms. The van der Waals surface area contributed by atoms with E-state index in [2.05, 4.69) is 15.5 Å². The number of non-ortho nitro benzene ring substituents is 1. The van der Waals surface area contributed by atoms with E-state index in [1.807, 2.05) is 59.1 Å². The summed E-state index contributed by atoms with van der Waals surface area (Å²) in [5.41, 5.74) is 4.82. The van der Waals surface area contributed by atoms with Crippen molar-refractivity contribution in [3.8, 4) is 11.3 Å². The zero-order valence-corrected chi connectivity index (χ0v) is 15.4. The van der Waals surface area contributed by atoms with Crippen LogP contribution < -0.4 is 5.43 Å². The van der Waals surface area contributed by atoms with Gasteiger partial charge in [0.1, 0.15) is 11.3 Å². The second-order valence-electron chi connectivity index (χ2n) is 6.23. The minimum Gasteiger partial charge on any atom is -0.298 e. The minimum atomic E-state index is -0.700. The van der Waals surface area contributed by atoms with Crippen LogP contribution >= 0.6 is 0 Å². The highest BCUT2D eigenvalue weighted by Crippen LogP contribution is 2.29. The number of hydrazone groups is 1. The molecule has 2 aromatic heterocycles. The van der Waals surface area contributed by atoms with Crippen LogP contribution in [0.25, 0.3) is 16.9 Å². The number of nitrogens with zero attached hydrogens (tertiary/aromatic N) is 5. The molecule has 0 saturated heterocycles. The molecule has 1 N–H and O–H groups in total. The molecule has 2 aromatic carbocycles. The van der Waals surface area contributed by atoms with Crippen molar-refractivity contribution in [3.63, 3.8) is 0 Å². The molecule has 0 fully saturated rings. The number of anilines is 1. The number of hydrogen-bond acceptors (Lipinski definition) is 7. The Bertz CT molecular complexity index is 1280. The number of nitro groups is 2. The number of nitro benzene ring substituents is 2. The molecule has 4 aromatic rings. The van der Waals surface area contributed by atoms with Gasteiger partial charge in [-0.15, -0.1) is 0 Å². The van der Waals surface area contributed by atoms with Gasteiger partial charge in [-0.1, -0.05) is 36.4 Å². The molecule has 0 aliphatic carbocycles. The molecule has 4 rings (SSSR count). The van der Waals surface area contributed by atoms with Gasteiger partial charge in [-0.3, -0.25) is 30.1 Å². The van der Waals surface area contributed by atoms with Crippen LogP contribution in [0.3, 0.4) is 0 Å². The summed E-state index contributed by atoms with van der Waals surface area (Å²) in [5.74, 6) is 0. The summed E-state index contributed by atoms with van der Waals surface area (Å²) < 4.78 is 1.85. The highest BCUT2D eigenvalue weighted by atomic mass is 16.6. The van der Waals surface area contributed by atoms with E-state index >= 15 is 0 Å². The van der Waals surface area contributed by atoms with Crippen molar-refractivity contribution in [3.05, 3.63) is 98.8 Å². The van der Waals surface area contributed by atoms with Crippen LogP contribution in [0.2, 0.25) is 0 Å². The van der Waals surface area contributed by atoms with Crippen LogP contribution in [0.4, 0.5) is 17.1 Å². The van der Waals surface area contributed by atoms with Crippen molar-refractivity contribution in [2.24, 2.45) is 5.10 Å². The van der Waals surface area contributed by atoms with Crippen molar-refractivity contribution in [1.29, 1.82) is 0 Å². The Balaban J connectivity index is 1.72. The molecule has 0 atom stereocenters. The van der Waals surface area contributed by atoms with E-state index in [9.17, 15) is 20.2 Å². The maximum Gasteiger partial charge on any atom is 0.301 e. The molecular weight excluding hydrogens is 388 g/mol. The van der Waals surface area contributed by atoms with Gasteiger partial charge in [0.2, 0.25) is 0 Å². The minimum absolute atomic E-state index is 0.0388. The lowest BCUT2D eigenvalue weighted by Crippen LogP contribution is -2.00. The zero-order valence-electron chi connectivity index (χ0n) is 15.4. The lowest BCUT2D eigenvalue weighted by atomic mass is 10.1. The summed E-state index contributed by atoms with van der Waals surface area (Å²) in [4.78, 5) is 25.4. The highest BCUT2D eigenvalue weighted by Gasteiger charge is 2.19. The number of nitrogens with one attached hydrogen (secondary N) is 1. The summed E-state index contributed by atoms with van der Waals surface area (Å²) in [7, 11) is 0. The van der Waals surface area contributed by atoms with Gasteiger partial charge in [-0.25, -0.2) is 4.98 Å². The lowest BCUT2D eigenvalue weighted by Gasteiger charge is -2.03. The number of fused-ring (bicyclic) bond motifs is 1. The molecular formula is C20H14N6O4. The van der Waals surface area contributed by atoms with Crippen molar-refractivity contribution in [2.45, 2.75) is 0 Å². The molecule has 148 valence electrons. The van der Waals surface area contributed by atoms with Crippen molar-refractivity contribution < 1.29 is 9.85 Å². The van der Waals surface area contributed by atoms with Crippen LogP contribution in [0.15, 0.2) is 78.0 Å². The van der Waals surface area contributed by atoms with Gasteiger partial charge in [-0.2, -0.15) is 5.10 Å². The fourth-order valence-electron chi connectivity index (χ4n) is 2.99. The first-order valence-electron chi connectivity index (χ1n) is 8.79. The van der Waals surface area contributed by atoms with Crippen molar-refractivity contribution in [2.75, 3.05) is 5.43 Å². The molecule has 0 aliphatic heterocycles. The van der Waals surface area contributed by atoms with E-state index < -0.39 is 15.5 Å². The van der Waals surface area contributed by atoms with E-state index in [4.69, 9.17) is 0 Å². The van der Waals surface area contributed by atoms with Crippen molar-refractivity contribution in [1.82, 2.24) is 9.38 Å². The molecule has 0 amide bonds. The molecule has 0 radical (unpaired) electrons. The van der Waals surface area contributed by atoms with Crippen LogP contribution in [0, 0.1) is 20.2 Å². The third-order valence-corrected chi connectivity index (χ3v) is 4.37. The molecule has 0 saturated carbocycles. The Morgan fingerprint density at radius 2 is 1.73 bits per heavy atom. The van der Waals surface area contributed by atoms with E-state index in [1.165, 1.54) is 18.3 Å². The van der Waals surface area contributed by atoms with Crippen LogP contribution in [-0.2, 0) is 0 Å². The Hall–Kier alpha value is -4.60. The third-order valence-electron chi connectivity index (χ3n) is 4.37. The first-order chi connectivity index (χ1) is 14.5. The summed E-state index contributed by atoms with van der Waals surface area (Å²) in [5, 5.41) is 26.3. The normalized spacial score (nSPS) is 11.1. The number of imidazole rings is 1. The van der Waals surface area contributed by atoms with Gasteiger partial charge in [-0.05, 0) is 18.2 Å². The summed E-state index contributed by atoms with van der Waals surface area (Å²) in [6, 6.07) is 18.5. The quantitative estimate of drug-likeness (QED) is 0.291. The maximum atomic E-state index is 11.3. The standard InChI is InChI=1S/C20H14N6O4/c27-25(28)15-9-10-16(17(12-15)26(29)30)23-21-13-18-20(14-6-2-1-3-7-14)22-19-8-4-5-11-24(18)19/h1-13,23H. The SMILES string of the molecule is O=[N+]([O-])c1ccc(NN=Cc2c(-c3ccccc3)nc3ccccn23)c([N+](=O)[O-])c1. The lowest BCUT2D eigenvalue weighted by molar-refractivity contribution is -0.393. The van der Waals surface area contributed by atoms with Gasteiger partial charge < -0.3 is 0 Å². The Kier molecular flexibility index (Phi) is 4.87. The fraction of sp³-hybridized carbons (Fsp3) is 0. The molecule has 10 heteroatoms. The monoisotopic (exact) mass is 402 g/mol. The number of hydrogen-bond donors (Lipinski definition) is 1. The predicted molar refractivity (Wildman–Crippen MR) is 112 cm³/mol.